The Balaban J connectivity index is 1.53. The smallest absolute Gasteiger partial charge is 0.264 e. The van der Waals surface area contributed by atoms with E-state index in [0.29, 0.717) is 30.1 Å². The first kappa shape index (κ1) is 20.9. The minimum Gasteiger partial charge on any atom is -0.484 e. The first-order valence-electron chi connectivity index (χ1n) is 9.82. The van der Waals surface area contributed by atoms with Crippen LogP contribution in [0.3, 0.4) is 0 Å². The van der Waals surface area contributed by atoms with Gasteiger partial charge in [0.05, 0.1) is 10.6 Å². The van der Waals surface area contributed by atoms with Crippen molar-refractivity contribution in [3.63, 3.8) is 0 Å². The molecule has 0 radical (unpaired) electrons. The maximum Gasteiger partial charge on any atom is 0.264 e. The van der Waals surface area contributed by atoms with Gasteiger partial charge in [0, 0.05) is 12.2 Å². The van der Waals surface area contributed by atoms with Crippen molar-refractivity contribution in [1.29, 1.82) is 0 Å². The number of benzene rings is 3. The molecule has 1 heterocycles. The average Bonchev–Trinajstić information content (AvgIpc) is 2.78. The second kappa shape index (κ2) is 8.77. The van der Waals surface area contributed by atoms with Gasteiger partial charge in [0.15, 0.2) is 6.61 Å². The van der Waals surface area contributed by atoms with Gasteiger partial charge in [0.1, 0.15) is 11.6 Å². The van der Waals surface area contributed by atoms with Crippen LogP contribution in [0.5, 0.6) is 5.75 Å². The Labute approximate surface area is 180 Å². The molecule has 0 bridgehead atoms. The monoisotopic (exact) mass is 440 g/mol. The summed E-state index contributed by atoms with van der Waals surface area (Å²) < 4.78 is 46.3. The van der Waals surface area contributed by atoms with Crippen molar-refractivity contribution in [2.75, 3.05) is 22.8 Å². The summed E-state index contributed by atoms with van der Waals surface area (Å²) in [7, 11) is -3.85. The summed E-state index contributed by atoms with van der Waals surface area (Å²) >= 11 is 0. The maximum atomic E-state index is 13.2. The van der Waals surface area contributed by atoms with E-state index in [1.807, 2.05) is 24.3 Å². The van der Waals surface area contributed by atoms with Crippen LogP contribution in [-0.2, 0) is 21.2 Å². The number of sulfonamides is 1. The van der Waals surface area contributed by atoms with Crippen molar-refractivity contribution in [2.24, 2.45) is 0 Å². The molecule has 4 rings (SSSR count). The molecule has 3 aromatic carbocycles. The Morgan fingerprint density at radius 2 is 1.77 bits per heavy atom. The van der Waals surface area contributed by atoms with E-state index in [1.165, 1.54) is 16.4 Å². The third-order valence-electron chi connectivity index (χ3n) is 4.96. The van der Waals surface area contributed by atoms with Gasteiger partial charge in [0.2, 0.25) is 0 Å². The molecule has 0 saturated carbocycles. The highest BCUT2D eigenvalue weighted by atomic mass is 32.2. The number of carbonyl (C=O) groups excluding carboxylic acids is 1. The number of hydrogen-bond acceptors (Lipinski definition) is 4. The maximum absolute atomic E-state index is 13.2. The van der Waals surface area contributed by atoms with Gasteiger partial charge in [-0.15, -0.1) is 0 Å². The van der Waals surface area contributed by atoms with Crippen LogP contribution >= 0.6 is 0 Å². The standard InChI is InChI=1S/C23H21FN2O4S/c24-18-9-12-21(13-10-18)31(28,29)26-14-4-5-17-8-11-19(15-22(17)26)25-23(27)16-30-20-6-2-1-3-7-20/h1-3,6-13,15H,4-5,14,16H2,(H,25,27). The number of nitrogens with one attached hydrogen (secondary N) is 1. The summed E-state index contributed by atoms with van der Waals surface area (Å²) in [6.45, 7) is 0.139. The van der Waals surface area contributed by atoms with E-state index in [1.54, 1.807) is 24.3 Å². The number of halogens is 1. The second-order valence-corrected chi connectivity index (χ2v) is 8.99. The lowest BCUT2D eigenvalue weighted by molar-refractivity contribution is -0.118. The van der Waals surface area contributed by atoms with Crippen LogP contribution in [0, 0.1) is 5.82 Å². The van der Waals surface area contributed by atoms with Gasteiger partial charge in [-0.2, -0.15) is 0 Å². The molecule has 31 heavy (non-hydrogen) atoms. The highest BCUT2D eigenvalue weighted by molar-refractivity contribution is 7.92. The summed E-state index contributed by atoms with van der Waals surface area (Å²) in [6.07, 6.45) is 1.40. The number of carbonyl (C=O) groups is 1. The minimum atomic E-state index is -3.85. The SMILES string of the molecule is O=C(COc1ccccc1)Nc1ccc2c(c1)N(S(=O)(=O)c1ccc(F)cc1)CCC2. The fourth-order valence-electron chi connectivity index (χ4n) is 3.46. The van der Waals surface area contributed by atoms with E-state index in [4.69, 9.17) is 4.74 Å². The lowest BCUT2D eigenvalue weighted by Crippen LogP contribution is -2.35. The van der Waals surface area contributed by atoms with E-state index in [9.17, 15) is 17.6 Å². The van der Waals surface area contributed by atoms with Gasteiger partial charge in [-0.1, -0.05) is 24.3 Å². The molecule has 8 heteroatoms. The number of anilines is 2. The molecular formula is C23H21FN2O4S. The quantitative estimate of drug-likeness (QED) is 0.629. The minimum absolute atomic E-state index is 0.0208. The predicted molar refractivity (Wildman–Crippen MR) is 116 cm³/mol. The third kappa shape index (κ3) is 4.69. The van der Waals surface area contributed by atoms with Crippen molar-refractivity contribution in [1.82, 2.24) is 0 Å². The van der Waals surface area contributed by atoms with Crippen molar-refractivity contribution < 1.29 is 22.3 Å². The number of hydrogen-bond donors (Lipinski definition) is 1. The molecule has 0 spiro atoms. The lowest BCUT2D eigenvalue weighted by Gasteiger charge is -2.31. The normalized spacial score (nSPS) is 13.4. The van der Waals surface area contributed by atoms with Crippen LogP contribution in [0.25, 0.3) is 0 Å². The molecule has 0 unspecified atom stereocenters. The average molecular weight is 440 g/mol. The fraction of sp³-hybridized carbons (Fsp3) is 0.174. The first-order valence-corrected chi connectivity index (χ1v) is 11.3. The highest BCUT2D eigenvalue weighted by Gasteiger charge is 2.29. The van der Waals surface area contributed by atoms with Crippen molar-refractivity contribution in [3.8, 4) is 5.75 Å². The zero-order valence-electron chi connectivity index (χ0n) is 16.6. The molecule has 0 fully saturated rings. The molecule has 1 aliphatic heterocycles. The first-order chi connectivity index (χ1) is 14.9. The zero-order chi connectivity index (χ0) is 21.8. The number of fused-ring (bicyclic) bond motifs is 1. The van der Waals surface area contributed by atoms with Crippen LogP contribution in [0.2, 0.25) is 0 Å². The number of aryl methyl sites for hydroxylation is 1. The number of ether oxygens (including phenoxy) is 1. The molecule has 0 saturated heterocycles. The molecule has 1 amide bonds. The molecular weight excluding hydrogens is 419 g/mol. The Bertz CT molecular complexity index is 1180. The Morgan fingerprint density at radius 3 is 2.52 bits per heavy atom. The van der Waals surface area contributed by atoms with Crippen molar-refractivity contribution in [2.45, 2.75) is 17.7 Å². The second-order valence-electron chi connectivity index (χ2n) is 7.13. The molecule has 3 aromatic rings. The summed E-state index contributed by atoms with van der Waals surface area (Å²) in [5, 5.41) is 2.75. The van der Waals surface area contributed by atoms with Crippen LogP contribution < -0.4 is 14.4 Å². The summed E-state index contributed by atoms with van der Waals surface area (Å²) in [5.74, 6) is -0.270. The fourth-order valence-corrected chi connectivity index (χ4v) is 5.00. The molecule has 1 aliphatic rings. The molecule has 0 aliphatic carbocycles. The van der Waals surface area contributed by atoms with Crippen LogP contribution in [0.15, 0.2) is 77.7 Å². The van der Waals surface area contributed by atoms with E-state index in [2.05, 4.69) is 5.32 Å². The molecule has 6 nitrogen and oxygen atoms in total. The molecule has 1 N–H and O–H groups in total. The van der Waals surface area contributed by atoms with Crippen molar-refractivity contribution >= 4 is 27.3 Å². The number of nitrogens with zero attached hydrogens (tertiary/aromatic N) is 1. The topological polar surface area (TPSA) is 75.7 Å². The summed E-state index contributed by atoms with van der Waals surface area (Å²) in [6, 6.07) is 19.0. The van der Waals surface area contributed by atoms with Gasteiger partial charge >= 0.3 is 0 Å². The summed E-state index contributed by atoms with van der Waals surface area (Å²) in [4.78, 5) is 12.3. The molecule has 0 aromatic heterocycles. The lowest BCUT2D eigenvalue weighted by atomic mass is 10.0. The van der Waals surface area contributed by atoms with Crippen molar-refractivity contribution in [3.05, 3.63) is 84.2 Å². The number of amides is 1. The van der Waals surface area contributed by atoms with Crippen LogP contribution in [-0.4, -0.2) is 27.5 Å². The predicted octanol–water partition coefficient (Wildman–Crippen LogP) is 3.98. The van der Waals surface area contributed by atoms with Gasteiger partial charge in [-0.3, -0.25) is 9.10 Å². The van der Waals surface area contributed by atoms with Crippen LogP contribution in [0.4, 0.5) is 15.8 Å². The molecule has 160 valence electrons. The van der Waals surface area contributed by atoms with Gasteiger partial charge < -0.3 is 10.1 Å². The van der Waals surface area contributed by atoms with E-state index < -0.39 is 15.8 Å². The van der Waals surface area contributed by atoms with E-state index in [-0.39, 0.29) is 17.4 Å². The number of rotatable bonds is 6. The number of para-hydroxylation sites is 1. The Hall–Kier alpha value is -3.39. The Morgan fingerprint density at radius 1 is 1.03 bits per heavy atom. The largest absolute Gasteiger partial charge is 0.484 e. The van der Waals surface area contributed by atoms with E-state index in [0.717, 1.165) is 24.1 Å². The Kier molecular flexibility index (Phi) is 5.90. The molecule has 0 atom stereocenters. The van der Waals surface area contributed by atoms with Gasteiger partial charge in [0.25, 0.3) is 15.9 Å². The highest BCUT2D eigenvalue weighted by Crippen LogP contribution is 2.34. The third-order valence-corrected chi connectivity index (χ3v) is 6.79. The van der Waals surface area contributed by atoms with Gasteiger partial charge in [-0.05, 0) is 66.9 Å². The summed E-state index contributed by atoms with van der Waals surface area (Å²) in [5.41, 5.74) is 1.86. The van der Waals surface area contributed by atoms with E-state index >= 15 is 0 Å². The van der Waals surface area contributed by atoms with Gasteiger partial charge in [-0.25, -0.2) is 12.8 Å². The van der Waals surface area contributed by atoms with Crippen LogP contribution in [0.1, 0.15) is 12.0 Å². The zero-order valence-corrected chi connectivity index (χ0v) is 17.4.